The Labute approximate surface area is 144 Å². The van der Waals surface area contributed by atoms with Crippen LogP contribution in [-0.2, 0) is 9.59 Å². The number of nitrogens with zero attached hydrogens (tertiary/aromatic N) is 2. The highest BCUT2D eigenvalue weighted by Gasteiger charge is 2.41. The highest BCUT2D eigenvalue weighted by Crippen LogP contribution is 2.33. The number of hydrogen-bond acceptors (Lipinski definition) is 3. The van der Waals surface area contributed by atoms with Crippen molar-refractivity contribution in [2.75, 3.05) is 19.6 Å². The van der Waals surface area contributed by atoms with Crippen molar-refractivity contribution in [3.8, 4) is 0 Å². The fourth-order valence-corrected chi connectivity index (χ4v) is 3.47. The predicted octanol–water partition coefficient (Wildman–Crippen LogP) is 3.36. The van der Waals surface area contributed by atoms with Gasteiger partial charge in [0.25, 0.3) is 11.8 Å². The van der Waals surface area contributed by atoms with Crippen molar-refractivity contribution in [3.05, 3.63) is 41.1 Å². The monoisotopic (exact) mass is 326 g/mol. The van der Waals surface area contributed by atoms with E-state index in [9.17, 15) is 9.59 Å². The minimum absolute atomic E-state index is 0.106. The van der Waals surface area contributed by atoms with E-state index in [2.05, 4.69) is 11.8 Å². The minimum Gasteiger partial charge on any atom is -0.366 e. The Kier molecular flexibility index (Phi) is 5.03. The quantitative estimate of drug-likeness (QED) is 0.779. The number of piperidine rings is 1. The highest BCUT2D eigenvalue weighted by molar-refractivity contribution is 6.35. The number of aryl methyl sites for hydroxylation is 1. The van der Waals surface area contributed by atoms with Gasteiger partial charge in [0.1, 0.15) is 5.70 Å². The predicted molar refractivity (Wildman–Crippen MR) is 95.2 cm³/mol. The molecule has 0 aliphatic carbocycles. The maximum Gasteiger partial charge on any atom is 0.277 e. The zero-order chi connectivity index (χ0) is 17.1. The number of benzene rings is 1. The molecule has 2 heterocycles. The van der Waals surface area contributed by atoms with E-state index < -0.39 is 0 Å². The molecule has 128 valence electrons. The molecule has 2 amide bonds. The number of imide groups is 1. The van der Waals surface area contributed by atoms with Gasteiger partial charge in [-0.3, -0.25) is 14.5 Å². The summed E-state index contributed by atoms with van der Waals surface area (Å²) in [4.78, 5) is 29.5. The highest BCUT2D eigenvalue weighted by atomic mass is 16.2. The van der Waals surface area contributed by atoms with Gasteiger partial charge in [-0.25, -0.2) is 0 Å². The van der Waals surface area contributed by atoms with E-state index in [0.717, 1.165) is 49.9 Å². The summed E-state index contributed by atoms with van der Waals surface area (Å²) in [5, 5.41) is 0. The summed E-state index contributed by atoms with van der Waals surface area (Å²) in [6.45, 7) is 6.35. The number of amides is 2. The van der Waals surface area contributed by atoms with Gasteiger partial charge >= 0.3 is 0 Å². The van der Waals surface area contributed by atoms with E-state index in [1.54, 1.807) is 0 Å². The van der Waals surface area contributed by atoms with Gasteiger partial charge in [-0.05, 0) is 38.2 Å². The summed E-state index contributed by atoms with van der Waals surface area (Å²) in [5.41, 5.74) is 3.23. The smallest absolute Gasteiger partial charge is 0.277 e. The number of likely N-dealkylation sites (tertiary alicyclic amines) is 1. The number of carbonyl (C=O) groups excluding carboxylic acids is 2. The lowest BCUT2D eigenvalue weighted by molar-refractivity contribution is -0.137. The van der Waals surface area contributed by atoms with Crippen molar-refractivity contribution in [1.29, 1.82) is 0 Å². The van der Waals surface area contributed by atoms with E-state index in [1.165, 1.54) is 11.3 Å². The van der Waals surface area contributed by atoms with Gasteiger partial charge in [-0.15, -0.1) is 0 Å². The van der Waals surface area contributed by atoms with Gasteiger partial charge < -0.3 is 4.90 Å². The van der Waals surface area contributed by atoms with Crippen molar-refractivity contribution in [3.63, 3.8) is 0 Å². The average molecular weight is 326 g/mol. The zero-order valence-electron chi connectivity index (χ0n) is 14.7. The molecule has 3 rings (SSSR count). The third-order valence-electron chi connectivity index (χ3n) is 4.89. The number of hydrogen-bond donors (Lipinski definition) is 0. The Bertz CT molecular complexity index is 655. The summed E-state index contributed by atoms with van der Waals surface area (Å²) in [5.74, 6) is -0.233. The molecule has 0 N–H and O–H groups in total. The van der Waals surface area contributed by atoms with Crippen LogP contribution in [0.15, 0.2) is 30.0 Å². The number of rotatable bonds is 5. The van der Waals surface area contributed by atoms with Gasteiger partial charge in [0.2, 0.25) is 0 Å². The van der Waals surface area contributed by atoms with Crippen LogP contribution in [-0.4, -0.2) is 41.2 Å². The molecule has 0 bridgehead atoms. The van der Waals surface area contributed by atoms with Crippen LogP contribution >= 0.6 is 0 Å². The minimum atomic E-state index is -0.127. The van der Waals surface area contributed by atoms with Gasteiger partial charge in [-0.1, -0.05) is 43.2 Å². The second kappa shape index (κ2) is 7.20. The molecule has 1 saturated heterocycles. The molecule has 2 aliphatic rings. The Morgan fingerprint density at radius 2 is 1.62 bits per heavy atom. The molecule has 0 spiro atoms. The Morgan fingerprint density at radius 1 is 0.958 bits per heavy atom. The second-order valence-electron chi connectivity index (χ2n) is 6.75. The third-order valence-corrected chi connectivity index (χ3v) is 4.89. The molecule has 4 nitrogen and oxygen atoms in total. The molecule has 4 heteroatoms. The number of unbranched alkanes of at least 4 members (excludes halogenated alkanes) is 1. The number of carbonyl (C=O) groups is 2. The lowest BCUT2D eigenvalue weighted by Crippen LogP contribution is -2.37. The first-order valence-corrected chi connectivity index (χ1v) is 9.06. The molecule has 0 aromatic heterocycles. The molecule has 0 radical (unpaired) electrons. The molecular formula is C20H26N2O2. The molecule has 2 aliphatic heterocycles. The van der Waals surface area contributed by atoms with Gasteiger partial charge in [0, 0.05) is 19.6 Å². The van der Waals surface area contributed by atoms with Crippen LogP contribution in [0.4, 0.5) is 0 Å². The maximum absolute atomic E-state index is 13.0. The zero-order valence-corrected chi connectivity index (χ0v) is 14.7. The Morgan fingerprint density at radius 3 is 2.25 bits per heavy atom. The van der Waals surface area contributed by atoms with Gasteiger partial charge in [0.15, 0.2) is 0 Å². The Balaban J connectivity index is 2.01. The first-order chi connectivity index (χ1) is 11.6. The Hall–Kier alpha value is -2.10. The average Bonchev–Trinajstić information content (AvgIpc) is 2.85. The van der Waals surface area contributed by atoms with E-state index >= 15 is 0 Å². The van der Waals surface area contributed by atoms with Crippen molar-refractivity contribution in [2.24, 2.45) is 0 Å². The van der Waals surface area contributed by atoms with E-state index in [4.69, 9.17) is 0 Å². The van der Waals surface area contributed by atoms with Crippen LogP contribution in [0.2, 0.25) is 0 Å². The molecule has 0 atom stereocenters. The molecule has 1 aromatic rings. The molecule has 1 fully saturated rings. The van der Waals surface area contributed by atoms with Crippen molar-refractivity contribution < 1.29 is 9.59 Å². The topological polar surface area (TPSA) is 40.6 Å². The molecule has 0 unspecified atom stereocenters. The van der Waals surface area contributed by atoms with Crippen molar-refractivity contribution in [1.82, 2.24) is 9.80 Å². The van der Waals surface area contributed by atoms with Crippen molar-refractivity contribution in [2.45, 2.75) is 46.0 Å². The van der Waals surface area contributed by atoms with Crippen LogP contribution in [0.25, 0.3) is 5.57 Å². The summed E-state index contributed by atoms with van der Waals surface area (Å²) < 4.78 is 0. The van der Waals surface area contributed by atoms with Crippen LogP contribution in [0.1, 0.15) is 50.2 Å². The van der Waals surface area contributed by atoms with E-state index in [1.807, 2.05) is 31.2 Å². The summed E-state index contributed by atoms with van der Waals surface area (Å²) in [7, 11) is 0. The van der Waals surface area contributed by atoms with E-state index in [-0.39, 0.29) is 11.8 Å². The molecular weight excluding hydrogens is 300 g/mol. The fraction of sp³-hybridized carbons (Fsp3) is 0.500. The lowest BCUT2D eigenvalue weighted by Gasteiger charge is -2.29. The first kappa shape index (κ1) is 16.7. The summed E-state index contributed by atoms with van der Waals surface area (Å²) in [6.07, 6.45) is 5.19. The van der Waals surface area contributed by atoms with Crippen LogP contribution in [0.5, 0.6) is 0 Å². The standard InChI is InChI=1S/C20H26N2O2/c1-3-4-14-22-19(23)17(16-10-8-15(2)9-11-16)18(20(22)24)21-12-6-5-7-13-21/h8-11H,3-7,12-14H2,1-2H3. The summed E-state index contributed by atoms with van der Waals surface area (Å²) in [6, 6.07) is 7.93. The largest absolute Gasteiger partial charge is 0.366 e. The van der Waals surface area contributed by atoms with E-state index in [0.29, 0.717) is 17.8 Å². The van der Waals surface area contributed by atoms with Gasteiger partial charge in [0.05, 0.1) is 5.57 Å². The molecule has 1 aromatic carbocycles. The fourth-order valence-electron chi connectivity index (χ4n) is 3.47. The molecule has 24 heavy (non-hydrogen) atoms. The molecule has 0 saturated carbocycles. The SMILES string of the molecule is CCCCN1C(=O)C(c2ccc(C)cc2)=C(N2CCCCC2)C1=O. The van der Waals surface area contributed by atoms with Crippen LogP contribution in [0, 0.1) is 6.92 Å². The normalized spacial score (nSPS) is 18.8. The second-order valence-corrected chi connectivity index (χ2v) is 6.75. The van der Waals surface area contributed by atoms with Crippen LogP contribution < -0.4 is 0 Å². The van der Waals surface area contributed by atoms with Crippen LogP contribution in [0.3, 0.4) is 0 Å². The third kappa shape index (κ3) is 3.10. The lowest BCUT2D eigenvalue weighted by atomic mass is 10.0. The van der Waals surface area contributed by atoms with Crippen molar-refractivity contribution >= 4 is 17.4 Å². The van der Waals surface area contributed by atoms with Gasteiger partial charge in [-0.2, -0.15) is 0 Å². The summed E-state index contributed by atoms with van der Waals surface area (Å²) >= 11 is 0. The first-order valence-electron chi connectivity index (χ1n) is 9.06. The maximum atomic E-state index is 13.0.